The molecule has 1 fully saturated rings. The molecule has 0 unspecified atom stereocenters. The number of ether oxygens (including phenoxy) is 2. The molecular weight excluding hydrogens is 458 g/mol. The van der Waals surface area contributed by atoms with Gasteiger partial charge in [0.1, 0.15) is 17.3 Å². The average Bonchev–Trinajstić information content (AvgIpc) is 3.50. The zero-order valence-corrected chi connectivity index (χ0v) is 20.6. The quantitative estimate of drug-likeness (QED) is 0.241. The second-order valence-corrected chi connectivity index (χ2v) is 8.52. The topological polar surface area (TPSA) is 93.9 Å². The van der Waals surface area contributed by atoms with Gasteiger partial charge in [-0.15, -0.1) is 0 Å². The number of ketones is 1. The summed E-state index contributed by atoms with van der Waals surface area (Å²) in [4.78, 5) is 31.9. The number of carbonyl (C=O) groups is 2. The van der Waals surface area contributed by atoms with E-state index in [1.165, 1.54) is 0 Å². The molecule has 0 bridgehead atoms. The van der Waals surface area contributed by atoms with Gasteiger partial charge >= 0.3 is 0 Å². The lowest BCUT2D eigenvalue weighted by atomic mass is 9.95. The third kappa shape index (κ3) is 5.43. The summed E-state index contributed by atoms with van der Waals surface area (Å²) in [6.07, 6.45) is 6.77. The molecule has 1 atom stereocenters. The smallest absolute Gasteiger partial charge is 0.295 e. The highest BCUT2D eigenvalue weighted by Crippen LogP contribution is 2.40. The van der Waals surface area contributed by atoms with E-state index in [0.29, 0.717) is 49.8 Å². The third-order valence-electron chi connectivity index (χ3n) is 6.02. The Morgan fingerprint density at radius 1 is 0.972 bits per heavy atom. The number of likely N-dealkylation sites (tertiary alicyclic amines) is 1. The summed E-state index contributed by atoms with van der Waals surface area (Å²) in [6, 6.07) is 13.5. The zero-order chi connectivity index (χ0) is 25.5. The van der Waals surface area contributed by atoms with Gasteiger partial charge in [-0.05, 0) is 61.7 Å². The molecule has 2 heterocycles. The molecule has 1 aromatic heterocycles. The van der Waals surface area contributed by atoms with Gasteiger partial charge in [-0.3, -0.25) is 9.59 Å². The van der Waals surface area contributed by atoms with Crippen LogP contribution in [0.1, 0.15) is 43.9 Å². The lowest BCUT2D eigenvalue weighted by Crippen LogP contribution is -2.31. The molecule has 0 spiro atoms. The highest BCUT2D eigenvalue weighted by molar-refractivity contribution is 6.46. The molecule has 188 valence electrons. The Morgan fingerprint density at radius 2 is 1.67 bits per heavy atom. The fraction of sp³-hybridized carbons (Fsp3) is 0.321. The number of imidazole rings is 1. The van der Waals surface area contributed by atoms with Crippen molar-refractivity contribution in [3.8, 4) is 11.5 Å². The van der Waals surface area contributed by atoms with Gasteiger partial charge in [0.25, 0.3) is 11.7 Å². The third-order valence-corrected chi connectivity index (χ3v) is 6.02. The van der Waals surface area contributed by atoms with Crippen LogP contribution in [-0.2, 0) is 16.1 Å². The molecule has 1 aliphatic rings. The second kappa shape index (κ2) is 11.6. The van der Waals surface area contributed by atoms with E-state index in [9.17, 15) is 14.7 Å². The van der Waals surface area contributed by atoms with Crippen molar-refractivity contribution in [2.45, 2.75) is 39.3 Å². The van der Waals surface area contributed by atoms with Crippen LogP contribution in [0.5, 0.6) is 11.5 Å². The van der Waals surface area contributed by atoms with Crippen LogP contribution in [0.3, 0.4) is 0 Å². The van der Waals surface area contributed by atoms with E-state index < -0.39 is 17.7 Å². The van der Waals surface area contributed by atoms with Gasteiger partial charge in [-0.25, -0.2) is 4.98 Å². The van der Waals surface area contributed by atoms with Gasteiger partial charge in [-0.2, -0.15) is 0 Å². The Balaban J connectivity index is 1.68. The molecular formula is C28H31N3O5. The largest absolute Gasteiger partial charge is 0.507 e. The molecule has 8 heteroatoms. The van der Waals surface area contributed by atoms with Gasteiger partial charge in [0, 0.05) is 31.0 Å². The van der Waals surface area contributed by atoms with Crippen LogP contribution in [0, 0.1) is 0 Å². The minimum absolute atomic E-state index is 0.0778. The Bertz CT molecular complexity index is 1200. The number of amides is 1. The Hall–Kier alpha value is -4.07. The van der Waals surface area contributed by atoms with Crippen LogP contribution < -0.4 is 9.47 Å². The van der Waals surface area contributed by atoms with Gasteiger partial charge < -0.3 is 24.0 Å². The van der Waals surface area contributed by atoms with Crippen LogP contribution in [0.15, 0.2) is 72.8 Å². The van der Waals surface area contributed by atoms with Gasteiger partial charge in [-0.1, -0.05) is 19.1 Å². The number of aromatic nitrogens is 2. The maximum atomic E-state index is 13.2. The van der Waals surface area contributed by atoms with E-state index in [1.54, 1.807) is 41.7 Å². The van der Waals surface area contributed by atoms with Gasteiger partial charge in [0.15, 0.2) is 0 Å². The standard InChI is InChI=1S/C28H31N3O5/c1-3-18-36-23-12-8-21(9-13-23)26(32)24-25(20-6-10-22(11-7-20)35-4-2)31(28(34)27(24)33)16-5-15-30-17-14-29-19-30/h6-14,17,19,25,32H,3-5,15-16,18H2,1-2H3/b26-24+/t25-/m1/s1. The van der Waals surface area contributed by atoms with Crippen molar-refractivity contribution in [3.05, 3.63) is 84.0 Å². The molecule has 36 heavy (non-hydrogen) atoms. The molecule has 2 aromatic carbocycles. The van der Waals surface area contributed by atoms with Crippen molar-refractivity contribution in [3.63, 3.8) is 0 Å². The average molecular weight is 490 g/mol. The van der Waals surface area contributed by atoms with Crippen LogP contribution in [0.2, 0.25) is 0 Å². The van der Waals surface area contributed by atoms with Gasteiger partial charge in [0.2, 0.25) is 0 Å². The van der Waals surface area contributed by atoms with Crippen LogP contribution in [0.25, 0.3) is 5.76 Å². The first-order chi connectivity index (χ1) is 17.5. The molecule has 1 aliphatic heterocycles. The number of hydrogen-bond donors (Lipinski definition) is 1. The molecule has 3 aromatic rings. The predicted molar refractivity (Wildman–Crippen MR) is 136 cm³/mol. The number of Topliss-reactive ketones (excluding diaryl/α,β-unsaturated/α-hetero) is 1. The highest BCUT2D eigenvalue weighted by Gasteiger charge is 2.45. The number of aryl methyl sites for hydroxylation is 1. The van der Waals surface area contributed by atoms with Crippen molar-refractivity contribution in [1.29, 1.82) is 0 Å². The molecule has 0 aliphatic carbocycles. The van der Waals surface area contributed by atoms with Crippen molar-refractivity contribution >= 4 is 17.4 Å². The second-order valence-electron chi connectivity index (χ2n) is 8.52. The van der Waals surface area contributed by atoms with Crippen molar-refractivity contribution in [1.82, 2.24) is 14.5 Å². The summed E-state index contributed by atoms with van der Waals surface area (Å²) < 4.78 is 13.1. The van der Waals surface area contributed by atoms with E-state index >= 15 is 0 Å². The van der Waals surface area contributed by atoms with E-state index in [4.69, 9.17) is 9.47 Å². The summed E-state index contributed by atoms with van der Waals surface area (Å²) in [7, 11) is 0. The Morgan fingerprint density at radius 3 is 2.31 bits per heavy atom. The number of carbonyl (C=O) groups excluding carboxylic acids is 2. The molecule has 1 amide bonds. The summed E-state index contributed by atoms with van der Waals surface area (Å²) >= 11 is 0. The van der Waals surface area contributed by atoms with E-state index in [0.717, 1.165) is 12.0 Å². The first-order valence-electron chi connectivity index (χ1n) is 12.2. The highest BCUT2D eigenvalue weighted by atomic mass is 16.5. The van der Waals surface area contributed by atoms with Gasteiger partial charge in [0.05, 0.1) is 31.2 Å². The van der Waals surface area contributed by atoms with Crippen LogP contribution in [-0.4, -0.2) is 51.0 Å². The predicted octanol–water partition coefficient (Wildman–Crippen LogP) is 4.58. The zero-order valence-electron chi connectivity index (χ0n) is 20.6. The maximum Gasteiger partial charge on any atom is 0.295 e. The minimum atomic E-state index is -0.709. The lowest BCUT2D eigenvalue weighted by Gasteiger charge is -2.25. The molecule has 0 saturated carbocycles. The number of aliphatic hydroxyl groups is 1. The van der Waals surface area contributed by atoms with E-state index in [-0.39, 0.29) is 11.3 Å². The lowest BCUT2D eigenvalue weighted by molar-refractivity contribution is -0.139. The Kier molecular flexibility index (Phi) is 8.05. The summed E-state index contributed by atoms with van der Waals surface area (Å²) in [5.74, 6) is -0.145. The number of rotatable bonds is 11. The van der Waals surface area contributed by atoms with Crippen molar-refractivity contribution in [2.75, 3.05) is 19.8 Å². The number of nitrogens with zero attached hydrogens (tertiary/aromatic N) is 3. The SMILES string of the molecule is CCCOc1ccc(/C(O)=C2\C(=O)C(=O)N(CCCn3ccnc3)[C@@H]2c2ccc(OCC)cc2)cc1. The fourth-order valence-electron chi connectivity index (χ4n) is 4.30. The van der Waals surface area contributed by atoms with Crippen LogP contribution >= 0.6 is 0 Å². The first-order valence-corrected chi connectivity index (χ1v) is 12.2. The molecule has 0 radical (unpaired) electrons. The van der Waals surface area contributed by atoms with E-state index in [1.807, 2.05) is 48.9 Å². The summed E-state index contributed by atoms with van der Waals surface area (Å²) in [5.41, 5.74) is 1.25. The molecule has 8 nitrogen and oxygen atoms in total. The first kappa shape index (κ1) is 25.0. The summed E-state index contributed by atoms with van der Waals surface area (Å²) in [6.45, 7) is 6.05. The molecule has 1 N–H and O–H groups in total. The maximum absolute atomic E-state index is 13.2. The fourth-order valence-corrected chi connectivity index (χ4v) is 4.30. The monoisotopic (exact) mass is 489 g/mol. The summed E-state index contributed by atoms with van der Waals surface area (Å²) in [5, 5.41) is 11.2. The normalized spacial score (nSPS) is 16.9. The van der Waals surface area contributed by atoms with Crippen LogP contribution in [0.4, 0.5) is 0 Å². The van der Waals surface area contributed by atoms with Crippen molar-refractivity contribution in [2.24, 2.45) is 0 Å². The number of aliphatic hydroxyl groups excluding tert-OH is 1. The molecule has 4 rings (SSSR count). The minimum Gasteiger partial charge on any atom is -0.507 e. The molecule has 1 saturated heterocycles. The number of hydrogen-bond acceptors (Lipinski definition) is 6. The van der Waals surface area contributed by atoms with Crippen molar-refractivity contribution < 1.29 is 24.2 Å². The van der Waals surface area contributed by atoms with E-state index in [2.05, 4.69) is 4.98 Å². The number of benzene rings is 2. The Labute approximate surface area is 210 Å².